The van der Waals surface area contributed by atoms with E-state index < -0.39 is 0 Å². The van der Waals surface area contributed by atoms with Gasteiger partial charge in [-0.1, -0.05) is 91.8 Å². The number of anilines is 2. The quantitative estimate of drug-likeness (QED) is 0.181. The monoisotopic (exact) mass is 624 g/mol. The molecule has 3 heteroatoms. The van der Waals surface area contributed by atoms with E-state index >= 15 is 0 Å². The van der Waals surface area contributed by atoms with Crippen molar-refractivity contribution in [3.63, 3.8) is 0 Å². The molecule has 1 aliphatic heterocycles. The summed E-state index contributed by atoms with van der Waals surface area (Å²) in [5, 5.41) is 0. The van der Waals surface area contributed by atoms with Gasteiger partial charge in [0.15, 0.2) is 0 Å². The van der Waals surface area contributed by atoms with Crippen molar-refractivity contribution in [3.8, 4) is 5.92 Å². The Hall–Kier alpha value is -1.92. The van der Waals surface area contributed by atoms with Gasteiger partial charge in [-0.05, 0) is 65.2 Å². The molecule has 0 saturated carbocycles. The Labute approximate surface area is 219 Å². The molecule has 0 aromatic heterocycles. The van der Waals surface area contributed by atoms with Gasteiger partial charge in [-0.2, -0.15) is 0 Å². The molecule has 0 bridgehead atoms. The van der Waals surface area contributed by atoms with Crippen molar-refractivity contribution in [3.05, 3.63) is 84.1 Å². The number of nitrogens with zero attached hydrogens (tertiary/aromatic N) is 2. The summed E-state index contributed by atoms with van der Waals surface area (Å²) >= 11 is 0. The summed E-state index contributed by atoms with van der Waals surface area (Å²) in [7, 11) is 0. The number of hydrogen-bond acceptors (Lipinski definition) is 2. The third-order valence-electron chi connectivity index (χ3n) is 5.75. The third kappa shape index (κ3) is 6.80. The third-order valence-corrected chi connectivity index (χ3v) is 5.75. The van der Waals surface area contributed by atoms with E-state index in [1.807, 2.05) is 5.92 Å². The van der Waals surface area contributed by atoms with Gasteiger partial charge in [0, 0.05) is 33.8 Å². The summed E-state index contributed by atoms with van der Waals surface area (Å²) in [5.74, 6) is 3.84. The maximum Gasteiger partial charge on any atom is 0.0175 e. The maximum absolute atomic E-state index is 5.96. The first-order chi connectivity index (χ1) is 15.1. The van der Waals surface area contributed by atoms with Gasteiger partial charge in [0.25, 0.3) is 0 Å². The molecule has 2 nitrogen and oxygen atoms in total. The van der Waals surface area contributed by atoms with Crippen LogP contribution >= 0.6 is 0 Å². The predicted octanol–water partition coefficient (Wildman–Crippen LogP) is 8.57. The van der Waals surface area contributed by atoms with E-state index in [1.165, 1.54) is 33.6 Å². The van der Waals surface area contributed by atoms with Gasteiger partial charge in [-0.25, -0.2) is 6.67 Å². The van der Waals surface area contributed by atoms with E-state index in [-0.39, 0.29) is 22.4 Å². The molecular weight excluding hydrogens is 585 g/mol. The van der Waals surface area contributed by atoms with Crippen molar-refractivity contribution >= 4 is 11.4 Å². The smallest absolute Gasteiger partial charge is 0.0175 e. The first kappa shape index (κ1) is 29.1. The summed E-state index contributed by atoms with van der Waals surface area (Å²) in [6.07, 6.45) is 10.3. The van der Waals surface area contributed by atoms with Crippen LogP contribution in [-0.2, 0) is 22.4 Å². The predicted molar refractivity (Wildman–Crippen MR) is 139 cm³/mol. The van der Waals surface area contributed by atoms with E-state index in [0.29, 0.717) is 23.7 Å². The van der Waals surface area contributed by atoms with Gasteiger partial charge < -0.3 is 22.1 Å². The van der Waals surface area contributed by atoms with Crippen molar-refractivity contribution < 1.29 is 22.4 Å². The zero-order chi connectivity index (χ0) is 24.0. The fraction of sp³-hybridized carbons (Fsp3) is 0.433. The van der Waals surface area contributed by atoms with E-state index in [9.17, 15) is 0 Å². The van der Waals surface area contributed by atoms with E-state index in [2.05, 4.69) is 121 Å². The van der Waals surface area contributed by atoms with Crippen LogP contribution in [0.15, 0.2) is 48.8 Å². The van der Waals surface area contributed by atoms with Crippen molar-refractivity contribution in [1.82, 2.24) is 0 Å². The minimum absolute atomic E-state index is 0. The fourth-order valence-electron chi connectivity index (χ4n) is 4.14. The van der Waals surface area contributed by atoms with Crippen molar-refractivity contribution in [2.24, 2.45) is 0 Å². The van der Waals surface area contributed by atoms with Crippen LogP contribution in [0.3, 0.4) is 0 Å². The van der Waals surface area contributed by atoms with Gasteiger partial charge >= 0.3 is 0 Å². The molecule has 0 aliphatic carbocycles. The van der Waals surface area contributed by atoms with E-state index in [4.69, 9.17) is 6.42 Å². The molecule has 1 aliphatic rings. The zero-order valence-corrected chi connectivity index (χ0v) is 23.8. The molecule has 182 valence electrons. The van der Waals surface area contributed by atoms with Crippen molar-refractivity contribution in [2.75, 3.05) is 9.80 Å². The Balaban J connectivity index is 0.00000129. The minimum atomic E-state index is 0. The fourth-order valence-corrected chi connectivity index (χ4v) is 4.14. The molecular formula is C30H39AuN2-2. The number of hydrogen-bond donors (Lipinski definition) is 0. The van der Waals surface area contributed by atoms with Crippen molar-refractivity contribution in [1.29, 1.82) is 0 Å². The molecule has 2 radical (unpaired) electrons. The largest absolute Gasteiger partial charge is 0.694 e. The molecule has 1 heterocycles. The summed E-state index contributed by atoms with van der Waals surface area (Å²) < 4.78 is 0. The molecule has 0 amide bonds. The Morgan fingerprint density at radius 1 is 0.636 bits per heavy atom. The normalized spacial score (nSPS) is 12.8. The number of benzene rings is 2. The SMILES string of the molecule is CC(C)c1cccc(C(C)C)c1N1[C-]N(c2c(C(C)C)cccc2C(C)C)C=C1.[Au].[C-]#CC. The average molecular weight is 625 g/mol. The van der Waals surface area contributed by atoms with Crippen LogP contribution < -0.4 is 9.80 Å². The van der Waals surface area contributed by atoms with Crippen LogP contribution in [0.25, 0.3) is 0 Å². The second-order valence-electron chi connectivity index (χ2n) is 9.58. The van der Waals surface area contributed by atoms with E-state index in [1.54, 1.807) is 6.92 Å². The van der Waals surface area contributed by atoms with Crippen LogP contribution in [0.1, 0.15) is 108 Å². The number of para-hydroxylation sites is 2. The van der Waals surface area contributed by atoms with Gasteiger partial charge in [-0.15, -0.1) is 0 Å². The molecule has 0 N–H and O–H groups in total. The molecule has 0 spiro atoms. The summed E-state index contributed by atoms with van der Waals surface area (Å²) in [5.41, 5.74) is 8.05. The first-order valence-electron chi connectivity index (χ1n) is 11.8. The standard InChI is InChI=1S/C27H36N2.C3H3.Au/c1-18(2)22-11-9-12-23(19(3)4)26(22)28-15-16-29(17-28)27-24(20(5)6)13-10-14-25(27)21(7)8;1-3-2;/h9-16,18-21H,1-8H3;1H3;/q2*-1;. The topological polar surface area (TPSA) is 6.48 Å². The molecule has 2 aromatic rings. The second kappa shape index (κ2) is 13.1. The summed E-state index contributed by atoms with van der Waals surface area (Å²) in [6.45, 7) is 23.4. The van der Waals surface area contributed by atoms with Crippen LogP contribution in [0.2, 0.25) is 0 Å². The first-order valence-corrected chi connectivity index (χ1v) is 11.8. The Kier molecular flexibility index (Phi) is 11.5. The van der Waals surface area contributed by atoms with Crippen LogP contribution in [-0.4, -0.2) is 0 Å². The minimum Gasteiger partial charge on any atom is -0.694 e. The van der Waals surface area contributed by atoms with Crippen LogP contribution in [0, 0.1) is 19.0 Å². The molecule has 0 saturated heterocycles. The Morgan fingerprint density at radius 3 is 1.09 bits per heavy atom. The molecule has 33 heavy (non-hydrogen) atoms. The summed E-state index contributed by atoms with van der Waals surface area (Å²) in [6, 6.07) is 13.4. The average Bonchev–Trinajstić information content (AvgIpc) is 3.22. The number of rotatable bonds is 6. The van der Waals surface area contributed by atoms with Gasteiger partial charge in [0.05, 0.1) is 0 Å². The van der Waals surface area contributed by atoms with Crippen LogP contribution in [0.4, 0.5) is 11.4 Å². The van der Waals surface area contributed by atoms with Gasteiger partial charge in [-0.3, -0.25) is 0 Å². The zero-order valence-electron chi connectivity index (χ0n) is 21.6. The van der Waals surface area contributed by atoms with Gasteiger partial charge in [0.2, 0.25) is 0 Å². The molecule has 0 atom stereocenters. The Bertz CT molecular complexity index is 840. The molecule has 0 fully saturated rings. The van der Waals surface area contributed by atoms with Gasteiger partial charge in [0.1, 0.15) is 0 Å². The van der Waals surface area contributed by atoms with Crippen molar-refractivity contribution in [2.45, 2.75) is 86.0 Å². The Morgan fingerprint density at radius 2 is 0.879 bits per heavy atom. The summed E-state index contributed by atoms with van der Waals surface area (Å²) in [4.78, 5) is 4.40. The molecule has 0 unspecified atom stereocenters. The van der Waals surface area contributed by atoms with E-state index in [0.717, 1.165) is 0 Å². The van der Waals surface area contributed by atoms with Crippen LogP contribution in [0.5, 0.6) is 0 Å². The maximum atomic E-state index is 5.96. The second-order valence-corrected chi connectivity index (χ2v) is 9.58. The molecule has 3 rings (SSSR count). The molecule has 2 aromatic carbocycles.